The van der Waals surface area contributed by atoms with E-state index in [1.807, 2.05) is 25.1 Å². The molecule has 0 radical (unpaired) electrons. The van der Waals surface area contributed by atoms with Crippen LogP contribution in [0.15, 0.2) is 18.2 Å². The van der Waals surface area contributed by atoms with E-state index in [-0.39, 0.29) is 24.3 Å². The minimum Gasteiger partial charge on any atom is -0.324 e. The Hall–Kier alpha value is -2.37. The molecule has 1 heterocycles. The highest BCUT2D eigenvalue weighted by atomic mass is 16.2. The summed E-state index contributed by atoms with van der Waals surface area (Å²) in [7, 11) is 0. The molecule has 6 nitrogen and oxygen atoms in total. The van der Waals surface area contributed by atoms with E-state index in [9.17, 15) is 14.4 Å². The fourth-order valence-corrected chi connectivity index (χ4v) is 3.30. The lowest BCUT2D eigenvalue weighted by atomic mass is 9.92. The van der Waals surface area contributed by atoms with Crippen LogP contribution in [-0.2, 0) is 9.59 Å². The highest BCUT2D eigenvalue weighted by molar-refractivity contribution is 6.10. The van der Waals surface area contributed by atoms with Crippen LogP contribution in [0, 0.1) is 12.8 Å². The van der Waals surface area contributed by atoms with Crippen LogP contribution >= 0.6 is 0 Å². The van der Waals surface area contributed by atoms with Gasteiger partial charge < -0.3 is 10.6 Å². The predicted octanol–water partition coefficient (Wildman–Crippen LogP) is 3.80. The number of hydrogen-bond donors (Lipinski definition) is 2. The molecule has 1 aliphatic rings. The first-order valence-electron chi connectivity index (χ1n) is 9.58. The first kappa shape index (κ1) is 20.9. The van der Waals surface area contributed by atoms with Crippen molar-refractivity contribution in [3.63, 3.8) is 0 Å². The van der Waals surface area contributed by atoms with E-state index in [0.717, 1.165) is 28.1 Å². The Bertz CT molecular complexity index is 742. The molecule has 6 heteroatoms. The maximum absolute atomic E-state index is 12.7. The van der Waals surface area contributed by atoms with Gasteiger partial charge >= 0.3 is 6.03 Å². The van der Waals surface area contributed by atoms with Gasteiger partial charge in [-0.2, -0.15) is 0 Å². The van der Waals surface area contributed by atoms with Crippen molar-refractivity contribution in [2.45, 2.75) is 65.8 Å². The SMILES string of the molecule is Cc1cccc(C(C)C)c1NC(=O)CN1C(=O)NC(C)(CCC(C)C)C1=O. The molecule has 0 bridgehead atoms. The molecule has 1 aliphatic heterocycles. The Balaban J connectivity index is 2.11. The average molecular weight is 373 g/mol. The number of para-hydroxylation sites is 1. The van der Waals surface area contributed by atoms with Crippen molar-refractivity contribution < 1.29 is 14.4 Å². The number of rotatable bonds is 7. The zero-order valence-corrected chi connectivity index (χ0v) is 17.2. The minimum atomic E-state index is -0.937. The zero-order valence-electron chi connectivity index (χ0n) is 17.2. The number of nitrogens with zero attached hydrogens (tertiary/aromatic N) is 1. The molecule has 0 aromatic heterocycles. The fourth-order valence-electron chi connectivity index (χ4n) is 3.30. The lowest BCUT2D eigenvalue weighted by Gasteiger charge is -2.22. The van der Waals surface area contributed by atoms with E-state index in [1.165, 1.54) is 0 Å². The van der Waals surface area contributed by atoms with Crippen molar-refractivity contribution in [1.29, 1.82) is 0 Å². The lowest BCUT2D eigenvalue weighted by Crippen LogP contribution is -2.44. The molecular formula is C21H31N3O3. The van der Waals surface area contributed by atoms with Crippen molar-refractivity contribution in [3.05, 3.63) is 29.3 Å². The van der Waals surface area contributed by atoms with Gasteiger partial charge in [-0.05, 0) is 49.7 Å². The van der Waals surface area contributed by atoms with Crippen molar-refractivity contribution in [3.8, 4) is 0 Å². The summed E-state index contributed by atoms with van der Waals surface area (Å²) in [6, 6.07) is 5.36. The number of carbonyl (C=O) groups excluding carboxylic acids is 3. The summed E-state index contributed by atoms with van der Waals surface area (Å²) < 4.78 is 0. The summed E-state index contributed by atoms with van der Waals surface area (Å²) in [5, 5.41) is 5.65. The van der Waals surface area contributed by atoms with Gasteiger partial charge in [0.05, 0.1) is 0 Å². The van der Waals surface area contributed by atoms with Crippen LogP contribution in [-0.4, -0.2) is 34.8 Å². The zero-order chi connectivity index (χ0) is 20.4. The molecule has 0 spiro atoms. The molecule has 1 saturated heterocycles. The second-order valence-corrected chi connectivity index (χ2v) is 8.33. The first-order valence-corrected chi connectivity index (χ1v) is 9.58. The van der Waals surface area contributed by atoms with Gasteiger partial charge in [0.2, 0.25) is 5.91 Å². The predicted molar refractivity (Wildman–Crippen MR) is 107 cm³/mol. The van der Waals surface area contributed by atoms with Gasteiger partial charge in [-0.1, -0.05) is 45.9 Å². The molecule has 27 heavy (non-hydrogen) atoms. The van der Waals surface area contributed by atoms with Crippen molar-refractivity contribution in [2.24, 2.45) is 5.92 Å². The molecule has 2 N–H and O–H groups in total. The third-order valence-electron chi connectivity index (χ3n) is 5.06. The maximum atomic E-state index is 12.7. The molecule has 148 valence electrons. The van der Waals surface area contributed by atoms with Gasteiger partial charge in [0.25, 0.3) is 5.91 Å². The Labute approximate surface area is 161 Å². The monoisotopic (exact) mass is 373 g/mol. The van der Waals surface area contributed by atoms with Gasteiger partial charge in [-0.25, -0.2) is 4.79 Å². The standard InChI is InChI=1S/C21H31N3O3/c1-13(2)10-11-21(6)19(26)24(20(27)23-21)12-17(25)22-18-15(5)8-7-9-16(18)14(3)4/h7-9,13-14H,10-12H2,1-6H3,(H,22,25)(H,23,27). The first-order chi connectivity index (χ1) is 12.5. The van der Waals surface area contributed by atoms with Crippen molar-refractivity contribution in [1.82, 2.24) is 10.2 Å². The number of amides is 4. The quantitative estimate of drug-likeness (QED) is 0.714. The number of benzene rings is 1. The second kappa shape index (κ2) is 8.11. The van der Waals surface area contributed by atoms with Crippen LogP contribution in [0.4, 0.5) is 10.5 Å². The smallest absolute Gasteiger partial charge is 0.324 e. The summed E-state index contributed by atoms with van der Waals surface area (Å²) in [5.41, 5.74) is 1.80. The van der Waals surface area contributed by atoms with Crippen LogP contribution in [0.1, 0.15) is 64.5 Å². The summed E-state index contributed by atoms with van der Waals surface area (Å²) in [5.74, 6) is -0.0318. The Kier molecular flexibility index (Phi) is 6.29. The third kappa shape index (κ3) is 4.67. The summed E-state index contributed by atoms with van der Waals surface area (Å²) in [6.07, 6.45) is 1.38. The Morgan fingerprint density at radius 2 is 1.89 bits per heavy atom. The van der Waals surface area contributed by atoms with E-state index in [4.69, 9.17) is 0 Å². The second-order valence-electron chi connectivity index (χ2n) is 8.33. The number of imide groups is 1. The van der Waals surface area contributed by atoms with Gasteiger partial charge in [0.1, 0.15) is 12.1 Å². The number of anilines is 1. The van der Waals surface area contributed by atoms with E-state index >= 15 is 0 Å². The maximum Gasteiger partial charge on any atom is 0.325 e. The summed E-state index contributed by atoms with van der Waals surface area (Å²) in [6.45, 7) is 11.6. The van der Waals surface area contributed by atoms with Crippen molar-refractivity contribution in [2.75, 3.05) is 11.9 Å². The van der Waals surface area contributed by atoms with E-state index in [1.54, 1.807) is 6.92 Å². The molecule has 0 aliphatic carbocycles. The average Bonchev–Trinajstić information content (AvgIpc) is 2.78. The normalized spacial score (nSPS) is 19.8. The number of urea groups is 1. The molecule has 1 fully saturated rings. The highest BCUT2D eigenvalue weighted by Gasteiger charge is 2.47. The fraction of sp³-hybridized carbons (Fsp3) is 0.571. The number of aryl methyl sites for hydroxylation is 1. The Morgan fingerprint density at radius 1 is 1.22 bits per heavy atom. The summed E-state index contributed by atoms with van der Waals surface area (Å²) in [4.78, 5) is 38.6. The van der Waals surface area contributed by atoms with Gasteiger partial charge in [0, 0.05) is 5.69 Å². The van der Waals surface area contributed by atoms with E-state index in [0.29, 0.717) is 12.3 Å². The van der Waals surface area contributed by atoms with Gasteiger partial charge in [-0.3, -0.25) is 14.5 Å². The summed E-state index contributed by atoms with van der Waals surface area (Å²) >= 11 is 0. The highest BCUT2D eigenvalue weighted by Crippen LogP contribution is 2.28. The molecule has 4 amide bonds. The van der Waals surface area contributed by atoms with Crippen LogP contribution in [0.2, 0.25) is 0 Å². The van der Waals surface area contributed by atoms with Gasteiger partial charge in [-0.15, -0.1) is 0 Å². The number of nitrogens with one attached hydrogen (secondary N) is 2. The number of carbonyl (C=O) groups is 3. The molecule has 2 rings (SSSR count). The molecule has 0 saturated carbocycles. The van der Waals surface area contributed by atoms with Crippen LogP contribution in [0.5, 0.6) is 0 Å². The van der Waals surface area contributed by atoms with Crippen LogP contribution in [0.25, 0.3) is 0 Å². The molecule has 1 unspecified atom stereocenters. The van der Waals surface area contributed by atoms with E-state index in [2.05, 4.69) is 38.3 Å². The Morgan fingerprint density at radius 3 is 2.48 bits per heavy atom. The van der Waals surface area contributed by atoms with E-state index < -0.39 is 11.6 Å². The van der Waals surface area contributed by atoms with Crippen LogP contribution < -0.4 is 10.6 Å². The largest absolute Gasteiger partial charge is 0.325 e. The molecule has 1 aromatic rings. The van der Waals surface area contributed by atoms with Gasteiger partial charge in [0.15, 0.2) is 0 Å². The van der Waals surface area contributed by atoms with Crippen molar-refractivity contribution >= 4 is 23.5 Å². The molecular weight excluding hydrogens is 342 g/mol. The number of hydrogen-bond acceptors (Lipinski definition) is 3. The molecule has 1 atom stereocenters. The van der Waals surface area contributed by atoms with Crippen LogP contribution in [0.3, 0.4) is 0 Å². The third-order valence-corrected chi connectivity index (χ3v) is 5.06. The lowest BCUT2D eigenvalue weighted by molar-refractivity contribution is -0.133. The minimum absolute atomic E-state index is 0.247. The molecule has 1 aromatic carbocycles. The topological polar surface area (TPSA) is 78.5 Å².